The van der Waals surface area contributed by atoms with Crippen LogP contribution in [-0.4, -0.2) is 18.5 Å². The standard InChI is InChI=1S/C26H22N4O3/c1-18-7-6-8-19(15-18)12-14-29-25(32)21-9-2-3-10-22(21)30(26(29)33)17-20-16-24(31)28-13-5-4-11-23(28)27-20/h2-11,13,15-16H,12,14,17H2,1H3. The Kier molecular flexibility index (Phi) is 5.22. The highest BCUT2D eigenvalue weighted by Crippen LogP contribution is 2.11. The lowest BCUT2D eigenvalue weighted by atomic mass is 10.1. The van der Waals surface area contributed by atoms with Crippen LogP contribution in [0.5, 0.6) is 0 Å². The third-order valence-electron chi connectivity index (χ3n) is 5.78. The van der Waals surface area contributed by atoms with Crippen LogP contribution < -0.4 is 16.8 Å². The van der Waals surface area contributed by atoms with E-state index in [0.29, 0.717) is 28.7 Å². The van der Waals surface area contributed by atoms with E-state index in [2.05, 4.69) is 11.1 Å². The van der Waals surface area contributed by atoms with E-state index >= 15 is 0 Å². The third kappa shape index (κ3) is 3.89. The molecule has 0 atom stereocenters. The van der Waals surface area contributed by atoms with E-state index < -0.39 is 5.69 Å². The number of hydrogen-bond acceptors (Lipinski definition) is 4. The number of rotatable bonds is 5. The average Bonchev–Trinajstić information content (AvgIpc) is 2.82. The molecule has 5 rings (SSSR count). The minimum absolute atomic E-state index is 0.0880. The molecule has 0 aliphatic rings. The van der Waals surface area contributed by atoms with Crippen LogP contribution in [0.1, 0.15) is 16.8 Å². The van der Waals surface area contributed by atoms with Crippen molar-refractivity contribution in [2.45, 2.75) is 26.4 Å². The molecule has 0 aliphatic heterocycles. The molecule has 7 heteroatoms. The molecule has 0 radical (unpaired) electrons. The summed E-state index contributed by atoms with van der Waals surface area (Å²) in [6.45, 7) is 2.36. The van der Waals surface area contributed by atoms with Gasteiger partial charge in [0.15, 0.2) is 0 Å². The summed E-state index contributed by atoms with van der Waals surface area (Å²) in [5, 5.41) is 0.457. The minimum atomic E-state index is -0.415. The number of aromatic nitrogens is 4. The van der Waals surface area contributed by atoms with Gasteiger partial charge in [-0.25, -0.2) is 9.78 Å². The van der Waals surface area contributed by atoms with Gasteiger partial charge in [0.25, 0.3) is 11.1 Å². The predicted molar refractivity (Wildman–Crippen MR) is 128 cm³/mol. The summed E-state index contributed by atoms with van der Waals surface area (Å²) < 4.78 is 4.25. The lowest BCUT2D eigenvalue weighted by Crippen LogP contribution is -2.41. The molecule has 0 N–H and O–H groups in total. The van der Waals surface area contributed by atoms with E-state index in [1.807, 2.05) is 25.1 Å². The van der Waals surface area contributed by atoms with Crippen molar-refractivity contribution in [1.82, 2.24) is 18.5 Å². The van der Waals surface area contributed by atoms with E-state index in [4.69, 9.17) is 0 Å². The minimum Gasteiger partial charge on any atom is -0.287 e. The normalized spacial score (nSPS) is 11.3. The maximum absolute atomic E-state index is 13.5. The molecule has 0 aliphatic carbocycles. The van der Waals surface area contributed by atoms with E-state index in [9.17, 15) is 14.4 Å². The molecule has 164 valence electrons. The van der Waals surface area contributed by atoms with Crippen molar-refractivity contribution >= 4 is 16.6 Å². The van der Waals surface area contributed by atoms with Gasteiger partial charge < -0.3 is 0 Å². The van der Waals surface area contributed by atoms with Crippen molar-refractivity contribution in [3.63, 3.8) is 0 Å². The fraction of sp³-hybridized carbons (Fsp3) is 0.154. The number of para-hydroxylation sites is 1. The van der Waals surface area contributed by atoms with Crippen LogP contribution in [0.4, 0.5) is 0 Å². The van der Waals surface area contributed by atoms with Gasteiger partial charge in [0.2, 0.25) is 0 Å². The second kappa shape index (κ2) is 8.35. The summed E-state index contributed by atoms with van der Waals surface area (Å²) in [5.41, 5.74) is 2.73. The molecule has 3 heterocycles. The summed E-state index contributed by atoms with van der Waals surface area (Å²) >= 11 is 0. The van der Waals surface area contributed by atoms with Crippen LogP contribution in [0.25, 0.3) is 16.6 Å². The molecule has 0 saturated heterocycles. The van der Waals surface area contributed by atoms with Crippen molar-refractivity contribution in [3.05, 3.63) is 127 Å². The van der Waals surface area contributed by atoms with E-state index in [1.165, 1.54) is 19.6 Å². The fourth-order valence-electron chi connectivity index (χ4n) is 4.18. The Bertz CT molecular complexity index is 1680. The number of fused-ring (bicyclic) bond motifs is 2. The second-order valence-corrected chi connectivity index (χ2v) is 8.10. The van der Waals surface area contributed by atoms with E-state index in [1.54, 1.807) is 48.7 Å². The molecule has 33 heavy (non-hydrogen) atoms. The number of pyridine rings is 1. The molecule has 3 aromatic heterocycles. The van der Waals surface area contributed by atoms with Gasteiger partial charge in [-0.05, 0) is 43.2 Å². The fourth-order valence-corrected chi connectivity index (χ4v) is 4.18. The van der Waals surface area contributed by atoms with Crippen molar-refractivity contribution in [3.8, 4) is 0 Å². The Morgan fingerprint density at radius 2 is 1.67 bits per heavy atom. The lowest BCUT2D eigenvalue weighted by Gasteiger charge is -2.14. The topological polar surface area (TPSA) is 78.4 Å². The summed E-state index contributed by atoms with van der Waals surface area (Å²) in [6.07, 6.45) is 2.21. The van der Waals surface area contributed by atoms with Crippen molar-refractivity contribution < 1.29 is 0 Å². The molecular formula is C26H22N4O3. The summed E-state index contributed by atoms with van der Waals surface area (Å²) in [5.74, 6) is 0. The first-order valence-corrected chi connectivity index (χ1v) is 10.8. The molecule has 0 unspecified atom stereocenters. The summed E-state index contributed by atoms with van der Waals surface area (Å²) in [7, 11) is 0. The van der Waals surface area contributed by atoms with Crippen molar-refractivity contribution in [2.24, 2.45) is 0 Å². The Morgan fingerprint density at radius 3 is 2.52 bits per heavy atom. The first-order valence-electron chi connectivity index (χ1n) is 10.8. The number of benzene rings is 2. The molecule has 0 bridgehead atoms. The molecule has 0 saturated carbocycles. The van der Waals surface area contributed by atoms with Gasteiger partial charge in [-0.15, -0.1) is 0 Å². The van der Waals surface area contributed by atoms with Crippen LogP contribution in [-0.2, 0) is 19.5 Å². The Hall–Kier alpha value is -4.26. The molecule has 0 amide bonds. The zero-order chi connectivity index (χ0) is 22.9. The van der Waals surface area contributed by atoms with Gasteiger partial charge in [-0.3, -0.25) is 23.1 Å². The molecule has 7 nitrogen and oxygen atoms in total. The zero-order valence-corrected chi connectivity index (χ0v) is 18.1. The highest BCUT2D eigenvalue weighted by Gasteiger charge is 2.14. The van der Waals surface area contributed by atoms with Crippen molar-refractivity contribution in [1.29, 1.82) is 0 Å². The molecule has 0 fully saturated rings. The van der Waals surface area contributed by atoms with Gasteiger partial charge in [-0.1, -0.05) is 48.0 Å². The Morgan fingerprint density at radius 1 is 0.848 bits per heavy atom. The van der Waals surface area contributed by atoms with Gasteiger partial charge in [0.1, 0.15) is 5.65 Å². The lowest BCUT2D eigenvalue weighted by molar-refractivity contribution is 0.586. The van der Waals surface area contributed by atoms with E-state index in [-0.39, 0.29) is 24.2 Å². The Labute approximate surface area is 188 Å². The highest BCUT2D eigenvalue weighted by atomic mass is 16.2. The first kappa shape index (κ1) is 20.6. The highest BCUT2D eigenvalue weighted by molar-refractivity contribution is 5.77. The predicted octanol–water partition coefficient (Wildman–Crippen LogP) is 2.77. The van der Waals surface area contributed by atoms with Gasteiger partial charge >= 0.3 is 5.69 Å². The van der Waals surface area contributed by atoms with E-state index in [0.717, 1.165) is 11.1 Å². The largest absolute Gasteiger partial charge is 0.331 e. The van der Waals surface area contributed by atoms with Crippen LogP contribution in [0.2, 0.25) is 0 Å². The monoisotopic (exact) mass is 438 g/mol. The number of hydrogen-bond donors (Lipinski definition) is 0. The molecule has 2 aromatic carbocycles. The van der Waals surface area contributed by atoms with Crippen LogP contribution in [0.15, 0.2) is 93.4 Å². The van der Waals surface area contributed by atoms with Gasteiger partial charge in [0.05, 0.1) is 23.1 Å². The molecule has 0 spiro atoms. The average molecular weight is 438 g/mol. The zero-order valence-electron chi connectivity index (χ0n) is 18.1. The number of nitrogens with zero attached hydrogens (tertiary/aromatic N) is 4. The SMILES string of the molecule is Cc1cccc(CCn2c(=O)c3ccccc3n(Cc3cc(=O)n4ccccc4n3)c2=O)c1. The number of aryl methyl sites for hydroxylation is 2. The van der Waals surface area contributed by atoms with Gasteiger partial charge in [-0.2, -0.15) is 0 Å². The van der Waals surface area contributed by atoms with Gasteiger partial charge in [0, 0.05) is 18.8 Å². The first-order chi connectivity index (χ1) is 16.0. The maximum Gasteiger partial charge on any atom is 0.331 e. The van der Waals surface area contributed by atoms with Crippen LogP contribution >= 0.6 is 0 Å². The molecular weight excluding hydrogens is 416 g/mol. The van der Waals surface area contributed by atoms with Crippen LogP contribution in [0.3, 0.4) is 0 Å². The Balaban J connectivity index is 1.62. The molecule has 5 aromatic rings. The third-order valence-corrected chi connectivity index (χ3v) is 5.78. The van der Waals surface area contributed by atoms with Crippen molar-refractivity contribution in [2.75, 3.05) is 0 Å². The summed E-state index contributed by atoms with van der Waals surface area (Å²) in [6, 6.07) is 21.8. The van der Waals surface area contributed by atoms with Crippen LogP contribution in [0, 0.1) is 6.92 Å². The summed E-state index contributed by atoms with van der Waals surface area (Å²) in [4.78, 5) is 43.7. The second-order valence-electron chi connectivity index (χ2n) is 8.10. The maximum atomic E-state index is 13.5. The smallest absolute Gasteiger partial charge is 0.287 e. The quantitative estimate of drug-likeness (QED) is 0.423.